The molecule has 3 aliphatic heterocycles. The van der Waals surface area contributed by atoms with Crippen LogP contribution in [0, 0.1) is 23.2 Å². The van der Waals surface area contributed by atoms with Gasteiger partial charge in [0.15, 0.2) is 0 Å². The van der Waals surface area contributed by atoms with Gasteiger partial charge in [0.05, 0.1) is 41.6 Å². The van der Waals surface area contributed by atoms with Crippen molar-refractivity contribution < 1.29 is 33.4 Å². The number of aryl methyl sites for hydroxylation is 1. The summed E-state index contributed by atoms with van der Waals surface area (Å²) in [4.78, 5) is 68.5. The Morgan fingerprint density at radius 1 is 1.17 bits per heavy atom. The minimum atomic E-state index is -1.21. The van der Waals surface area contributed by atoms with Crippen LogP contribution >= 0.6 is 11.3 Å². The molecular weight excluding hydrogens is 819 g/mol. The van der Waals surface area contributed by atoms with Crippen LogP contribution in [0.5, 0.6) is 0 Å². The largest absolute Gasteiger partial charge is 0.464 e. The van der Waals surface area contributed by atoms with Crippen LogP contribution in [0.25, 0.3) is 27.7 Å². The number of hydrazine groups is 1. The maximum atomic E-state index is 14.8. The number of aromatic nitrogens is 2. The molecule has 5 heterocycles. The minimum Gasteiger partial charge on any atom is -0.464 e. The number of hydrogen-bond acceptors (Lipinski definition) is 11. The first-order valence-corrected chi connectivity index (χ1v) is 23.4. The van der Waals surface area contributed by atoms with Crippen LogP contribution in [0.4, 0.5) is 0 Å². The zero-order valence-electron chi connectivity index (χ0n) is 38.6. The fourth-order valence-electron chi connectivity index (χ4n) is 9.60. The molecule has 15 heteroatoms. The van der Waals surface area contributed by atoms with Crippen LogP contribution in [-0.2, 0) is 46.4 Å². The normalized spacial score (nSPS) is 26.7. The molecule has 1 aromatic carbocycles. The third kappa shape index (κ3) is 8.90. The van der Waals surface area contributed by atoms with Gasteiger partial charge in [-0.25, -0.2) is 10.4 Å². The molecule has 7 rings (SSSR count). The van der Waals surface area contributed by atoms with E-state index in [9.17, 15) is 19.2 Å². The highest BCUT2D eigenvalue weighted by Gasteiger charge is 2.60. The van der Waals surface area contributed by atoms with Crippen molar-refractivity contribution in [3.05, 3.63) is 58.2 Å². The predicted octanol–water partition coefficient (Wildman–Crippen LogP) is 6.88. The molecule has 63 heavy (non-hydrogen) atoms. The zero-order chi connectivity index (χ0) is 45.5. The second kappa shape index (κ2) is 18.4. The summed E-state index contributed by atoms with van der Waals surface area (Å²) >= 11 is 1.36. The van der Waals surface area contributed by atoms with E-state index in [1.807, 2.05) is 57.9 Å². The third-order valence-electron chi connectivity index (χ3n) is 13.4. The average Bonchev–Trinajstić information content (AvgIpc) is 3.55. The molecule has 3 aromatic rings. The van der Waals surface area contributed by atoms with Gasteiger partial charge in [0, 0.05) is 77.9 Å². The van der Waals surface area contributed by atoms with Crippen molar-refractivity contribution in [1.82, 2.24) is 30.2 Å². The maximum absolute atomic E-state index is 14.8. The first-order valence-electron chi connectivity index (χ1n) is 22.5. The lowest BCUT2D eigenvalue weighted by molar-refractivity contribution is -0.156. The Hall–Kier alpha value is -4.70. The summed E-state index contributed by atoms with van der Waals surface area (Å²) < 4.78 is 20.6. The molecule has 6 bridgehead atoms. The van der Waals surface area contributed by atoms with Crippen LogP contribution in [0.15, 0.2) is 46.9 Å². The molecule has 0 unspecified atom stereocenters. The van der Waals surface area contributed by atoms with Gasteiger partial charge in [0.2, 0.25) is 11.8 Å². The molecule has 1 saturated carbocycles. The van der Waals surface area contributed by atoms with E-state index in [0.29, 0.717) is 49.6 Å². The number of rotatable bonds is 11. The van der Waals surface area contributed by atoms with E-state index >= 15 is 0 Å². The van der Waals surface area contributed by atoms with Gasteiger partial charge in [0.1, 0.15) is 23.2 Å². The number of hydrogen-bond donors (Lipinski definition) is 2. The van der Waals surface area contributed by atoms with Crippen LogP contribution < -0.4 is 10.7 Å². The second-order valence-electron chi connectivity index (χ2n) is 18.7. The molecule has 0 radical (unpaired) electrons. The molecule has 7 atom stereocenters. The number of amides is 3. The summed E-state index contributed by atoms with van der Waals surface area (Å²) in [5.41, 5.74) is 8.58. The topological polar surface area (TPSA) is 157 Å². The SMILES string of the molecule is C=C/C(=C(\N=C/C)[C@H](C)OC)c1c2c3cc(ccc3n1CC)-c1csc(n1)[C@@H](OCC)[C@H](NC(=O)[C@@H]1[C@@H](C)[C@H]1C(=O)N1CCC1(C)C)C(=O)N1CCC[C@H](N1)C(=O)OCC(C)(C)C2. The number of allylic oxidation sites excluding steroid dienone is 2. The van der Waals surface area contributed by atoms with Crippen molar-refractivity contribution in [2.75, 3.05) is 33.4 Å². The van der Waals surface area contributed by atoms with Gasteiger partial charge in [-0.3, -0.25) is 29.2 Å². The van der Waals surface area contributed by atoms with Crippen molar-refractivity contribution in [1.29, 1.82) is 0 Å². The van der Waals surface area contributed by atoms with Crippen LogP contribution in [-0.4, -0.2) is 107 Å². The monoisotopic (exact) mass is 883 g/mol. The van der Waals surface area contributed by atoms with Gasteiger partial charge in [0.25, 0.3) is 5.91 Å². The lowest BCUT2D eigenvalue weighted by Gasteiger charge is -2.48. The zero-order valence-corrected chi connectivity index (χ0v) is 39.4. The summed E-state index contributed by atoms with van der Waals surface area (Å²) in [6.07, 6.45) is 4.77. The van der Waals surface area contributed by atoms with E-state index in [1.54, 1.807) is 13.3 Å². The van der Waals surface area contributed by atoms with Gasteiger partial charge in [-0.1, -0.05) is 39.5 Å². The fourth-order valence-corrected chi connectivity index (χ4v) is 10.5. The van der Waals surface area contributed by atoms with E-state index in [-0.39, 0.29) is 42.6 Å². The fraction of sp³-hybridized carbons (Fsp3) is 0.583. The van der Waals surface area contributed by atoms with Crippen molar-refractivity contribution >= 4 is 57.7 Å². The summed E-state index contributed by atoms with van der Waals surface area (Å²) in [6.45, 7) is 24.2. The number of thiazole rings is 1. The number of carbonyl (C=O) groups is 4. The summed E-state index contributed by atoms with van der Waals surface area (Å²) in [5, 5.41) is 7.95. The molecule has 340 valence electrons. The number of esters is 1. The second-order valence-corrected chi connectivity index (χ2v) is 19.6. The standard InChI is InChI=1S/C48H65N7O7S/c1-12-30(38(49-13-2)28(6)60-11)40-32-24-47(7,8)26-62-46(59)33-17-16-21-55(52-33)45(58)39(51-42(56)36-27(5)37(36)44(57)54-22-20-48(54,9)10)41(61-15-4)43-50-34(25-63-43)29-18-19-35(31(32)23-29)53(40)14-3/h12-13,18-19,23,25,27-28,33,36-37,39,41,52H,1,14-17,20-22,24,26H2,2-11H3,(H,51,56)/b38-30+,49-13-/t27-,28+,33+,36-,37-,39+,41+/m1/s1. The molecule has 3 fully saturated rings. The maximum Gasteiger partial charge on any atom is 0.324 e. The van der Waals surface area contributed by atoms with Crippen LogP contribution in [0.1, 0.15) is 104 Å². The summed E-state index contributed by atoms with van der Waals surface area (Å²) in [5.74, 6) is -2.59. The molecule has 4 aliphatic rings. The van der Waals surface area contributed by atoms with Gasteiger partial charge in [-0.15, -0.1) is 11.3 Å². The Morgan fingerprint density at radius 3 is 2.57 bits per heavy atom. The number of aliphatic imine (C=N–C) groups is 1. The van der Waals surface area contributed by atoms with E-state index in [2.05, 4.69) is 60.9 Å². The molecule has 14 nitrogen and oxygen atoms in total. The Balaban J connectivity index is 1.35. The predicted molar refractivity (Wildman–Crippen MR) is 246 cm³/mol. The lowest BCUT2D eigenvalue weighted by atomic mass is 9.84. The Morgan fingerprint density at radius 2 is 1.94 bits per heavy atom. The molecule has 3 amide bonds. The van der Waals surface area contributed by atoms with Crippen molar-refractivity contribution in [3.63, 3.8) is 0 Å². The van der Waals surface area contributed by atoms with E-state index in [1.165, 1.54) is 16.3 Å². The quantitative estimate of drug-likeness (QED) is 0.119. The van der Waals surface area contributed by atoms with Gasteiger partial charge >= 0.3 is 5.97 Å². The number of benzene rings is 1. The Kier molecular flexibility index (Phi) is 13.5. The first kappa shape index (κ1) is 46.3. The molecule has 2 saturated heterocycles. The number of nitrogens with one attached hydrogen (secondary N) is 2. The van der Waals surface area contributed by atoms with E-state index in [0.717, 1.165) is 45.4 Å². The highest BCUT2D eigenvalue weighted by molar-refractivity contribution is 7.10. The number of fused-ring (bicyclic) bond motifs is 6. The van der Waals surface area contributed by atoms with Gasteiger partial charge < -0.3 is 29.0 Å². The first-order chi connectivity index (χ1) is 30.0. The lowest BCUT2D eigenvalue weighted by Crippen LogP contribution is -2.61. The van der Waals surface area contributed by atoms with E-state index in [4.69, 9.17) is 24.2 Å². The molecule has 2 aromatic heterocycles. The summed E-state index contributed by atoms with van der Waals surface area (Å²) in [7, 11) is 1.67. The van der Waals surface area contributed by atoms with Crippen molar-refractivity contribution in [2.24, 2.45) is 28.2 Å². The number of nitrogens with zero attached hydrogens (tertiary/aromatic N) is 5. The number of cyclic esters (lactones) is 1. The van der Waals surface area contributed by atoms with Gasteiger partial charge in [-0.2, -0.15) is 0 Å². The minimum absolute atomic E-state index is 0.0270. The number of methoxy groups -OCH3 is 1. The van der Waals surface area contributed by atoms with Crippen molar-refractivity contribution in [3.8, 4) is 11.3 Å². The molecule has 2 N–H and O–H groups in total. The van der Waals surface area contributed by atoms with Crippen LogP contribution in [0.3, 0.4) is 0 Å². The molecule has 1 aliphatic carbocycles. The van der Waals surface area contributed by atoms with E-state index < -0.39 is 47.3 Å². The highest BCUT2D eigenvalue weighted by Crippen LogP contribution is 2.50. The number of likely N-dealkylation sites (tertiary alicyclic amines) is 1. The average molecular weight is 884 g/mol. The number of carbonyl (C=O) groups excluding carboxylic acids is 4. The highest BCUT2D eigenvalue weighted by atomic mass is 32.1. The molecule has 0 spiro atoms. The Bertz CT molecular complexity index is 2330. The molecular formula is C48H65N7O7S. The summed E-state index contributed by atoms with van der Waals surface area (Å²) in [6, 6.07) is 4.30. The smallest absolute Gasteiger partial charge is 0.324 e. The number of ether oxygens (including phenoxy) is 3. The van der Waals surface area contributed by atoms with Gasteiger partial charge in [-0.05, 0) is 90.8 Å². The third-order valence-corrected chi connectivity index (χ3v) is 14.3. The van der Waals surface area contributed by atoms with Crippen molar-refractivity contribution in [2.45, 2.75) is 124 Å². The van der Waals surface area contributed by atoms with Crippen LogP contribution in [0.2, 0.25) is 0 Å². The Labute approximate surface area is 375 Å².